The second-order valence-electron chi connectivity index (χ2n) is 7.31. The average molecular weight is 563 g/mol. The van der Waals surface area contributed by atoms with Gasteiger partial charge in [-0.05, 0) is 0 Å². The number of carbonyl (C=O) groups excluding carboxylic acids is 3. The molecule has 5 N–H and O–H groups in total. The zero-order valence-electron chi connectivity index (χ0n) is 20.8. The van der Waals surface area contributed by atoms with Crippen molar-refractivity contribution >= 4 is 37.2 Å². The molecule has 0 saturated carbocycles. The van der Waals surface area contributed by atoms with Crippen LogP contribution in [0.5, 0.6) is 0 Å². The molecule has 2 atom stereocenters. The Hall–Kier alpha value is -1.29. The second-order valence-corrected chi connectivity index (χ2v) is 10.2. The first-order chi connectivity index (χ1) is 17.0. The van der Waals surface area contributed by atoms with E-state index in [2.05, 4.69) is 5.32 Å². The van der Waals surface area contributed by atoms with Crippen molar-refractivity contribution in [3.63, 3.8) is 0 Å². The number of thioether (sulfide) groups is 1. The van der Waals surface area contributed by atoms with Crippen LogP contribution in [0.3, 0.4) is 0 Å². The van der Waals surface area contributed by atoms with Gasteiger partial charge < -0.3 is 49.3 Å². The van der Waals surface area contributed by atoms with Crippen LogP contribution in [0.4, 0.5) is 0 Å². The van der Waals surface area contributed by atoms with Crippen molar-refractivity contribution in [1.29, 1.82) is 0 Å². The Morgan fingerprint density at radius 1 is 0.861 bits per heavy atom. The molecule has 0 radical (unpaired) electrons. The smallest absolute Gasteiger partial charge is 0.327 e. The zero-order chi connectivity index (χ0) is 27.2. The Balaban J connectivity index is 3.61. The first-order valence-electron chi connectivity index (χ1n) is 11.3. The minimum Gasteiger partial charge on any atom is -0.462 e. The Kier molecular flexibility index (Phi) is 21.0. The lowest BCUT2D eigenvalue weighted by atomic mass is 10.3. The second kappa shape index (κ2) is 21.8. The number of amides is 1. The van der Waals surface area contributed by atoms with Gasteiger partial charge in [-0.25, -0.2) is 0 Å². The lowest BCUT2D eigenvalue weighted by Gasteiger charge is -2.17. The maximum Gasteiger partial charge on any atom is 0.327 e. The number of nitrogens with one attached hydrogen (secondary N) is 1. The maximum atomic E-state index is 12.0. The summed E-state index contributed by atoms with van der Waals surface area (Å²) in [5, 5.41) is 2.67. The van der Waals surface area contributed by atoms with Crippen LogP contribution in [0.15, 0.2) is 0 Å². The Morgan fingerprint density at radius 3 is 1.89 bits per heavy atom. The first-order valence-corrected chi connectivity index (χ1v) is 14.2. The summed E-state index contributed by atoms with van der Waals surface area (Å²) in [5.41, 5.74) is 5.86. The number of hydrogen-bond donors (Lipinski definition) is 4. The standard InChI is InChI=1S/C20H39N2O12PS/c1-16(23)33-13-18(34-17(2)24)14-36-15-19(21)20(25)22-3-4-29-5-6-30-7-8-31-9-10-32-11-12-35(26,27)28/h18-19H,3-15,21H2,1-2H3,(H,22,25)(H2,26,27,28)/t18-,19+/m1/s1. The Labute approximate surface area is 215 Å². The summed E-state index contributed by atoms with van der Waals surface area (Å²) in [6, 6.07) is -0.762. The van der Waals surface area contributed by atoms with Crippen LogP contribution in [0.25, 0.3) is 0 Å². The van der Waals surface area contributed by atoms with Gasteiger partial charge in [-0.1, -0.05) is 0 Å². The van der Waals surface area contributed by atoms with Gasteiger partial charge in [0.15, 0.2) is 0 Å². The van der Waals surface area contributed by atoms with Crippen molar-refractivity contribution < 1.29 is 57.2 Å². The molecule has 36 heavy (non-hydrogen) atoms. The lowest BCUT2D eigenvalue weighted by molar-refractivity contribution is -0.154. The van der Waals surface area contributed by atoms with Gasteiger partial charge >= 0.3 is 19.5 Å². The predicted octanol–water partition coefficient (Wildman–Crippen LogP) is -1.10. The molecule has 0 bridgehead atoms. The van der Waals surface area contributed by atoms with Crippen LogP contribution in [0.1, 0.15) is 13.8 Å². The molecule has 1 amide bonds. The molecular formula is C20H39N2O12PS. The number of nitrogens with two attached hydrogens (primary N) is 1. The van der Waals surface area contributed by atoms with E-state index >= 15 is 0 Å². The third-order valence-corrected chi connectivity index (χ3v) is 5.90. The fraction of sp³-hybridized carbons (Fsp3) is 0.850. The molecule has 0 fully saturated rings. The van der Waals surface area contributed by atoms with Crippen LogP contribution >= 0.6 is 19.4 Å². The minimum atomic E-state index is -4.02. The van der Waals surface area contributed by atoms with Gasteiger partial charge in [0.25, 0.3) is 0 Å². The average Bonchev–Trinajstić information content (AvgIpc) is 2.78. The van der Waals surface area contributed by atoms with Crippen molar-refractivity contribution in [2.24, 2.45) is 5.73 Å². The van der Waals surface area contributed by atoms with E-state index in [1.54, 1.807) is 0 Å². The monoisotopic (exact) mass is 562 g/mol. The van der Waals surface area contributed by atoms with Gasteiger partial charge in [-0.15, -0.1) is 0 Å². The summed E-state index contributed by atoms with van der Waals surface area (Å²) in [5.74, 6) is -0.687. The van der Waals surface area contributed by atoms with E-state index in [4.69, 9.17) is 43.9 Å². The first kappa shape index (κ1) is 34.7. The molecule has 14 nitrogen and oxygen atoms in total. The van der Waals surface area contributed by atoms with Crippen LogP contribution in [-0.2, 0) is 47.4 Å². The molecule has 0 aromatic carbocycles. The SMILES string of the molecule is CC(=O)OC[C@H](CSC[C@H](N)C(=O)NCCOCCOCCOCCOCCP(=O)(O)O)OC(C)=O. The highest BCUT2D eigenvalue weighted by Gasteiger charge is 2.17. The normalized spacial score (nSPS) is 13.1. The third kappa shape index (κ3) is 24.4. The van der Waals surface area contributed by atoms with E-state index in [0.29, 0.717) is 44.5 Å². The molecule has 0 rings (SSSR count). The van der Waals surface area contributed by atoms with E-state index in [1.807, 2.05) is 0 Å². The summed E-state index contributed by atoms with van der Waals surface area (Å²) in [6.45, 7) is 4.93. The van der Waals surface area contributed by atoms with E-state index in [9.17, 15) is 18.9 Å². The fourth-order valence-corrected chi connectivity index (χ4v) is 3.62. The van der Waals surface area contributed by atoms with Gasteiger partial charge in [0.1, 0.15) is 12.7 Å². The topological polar surface area (TPSA) is 202 Å². The zero-order valence-corrected chi connectivity index (χ0v) is 22.5. The summed E-state index contributed by atoms with van der Waals surface area (Å²) >= 11 is 1.31. The van der Waals surface area contributed by atoms with E-state index in [1.165, 1.54) is 25.6 Å². The summed E-state index contributed by atoms with van der Waals surface area (Å²) in [4.78, 5) is 51.4. The van der Waals surface area contributed by atoms with Crippen molar-refractivity contribution in [2.45, 2.75) is 26.0 Å². The van der Waals surface area contributed by atoms with E-state index in [-0.39, 0.29) is 45.0 Å². The summed E-state index contributed by atoms with van der Waals surface area (Å²) < 4.78 is 41.5. The van der Waals surface area contributed by atoms with Crippen LogP contribution in [0.2, 0.25) is 0 Å². The quantitative estimate of drug-likeness (QED) is 0.0664. The summed E-state index contributed by atoms with van der Waals surface area (Å²) in [7, 11) is -4.02. The number of carbonyl (C=O) groups is 3. The fourth-order valence-electron chi connectivity index (χ4n) is 2.29. The van der Waals surface area contributed by atoms with Gasteiger partial charge in [0.2, 0.25) is 5.91 Å². The van der Waals surface area contributed by atoms with Crippen molar-refractivity contribution in [3.8, 4) is 0 Å². The van der Waals surface area contributed by atoms with Crippen molar-refractivity contribution in [2.75, 3.05) is 83.7 Å². The third-order valence-electron chi connectivity index (χ3n) is 3.93. The van der Waals surface area contributed by atoms with Gasteiger partial charge in [-0.2, -0.15) is 11.8 Å². The highest BCUT2D eigenvalue weighted by molar-refractivity contribution is 7.99. The van der Waals surface area contributed by atoms with Crippen LogP contribution < -0.4 is 11.1 Å². The Morgan fingerprint density at radius 2 is 1.39 bits per heavy atom. The number of rotatable bonds is 23. The van der Waals surface area contributed by atoms with Crippen LogP contribution in [-0.4, -0.2) is 123 Å². The molecule has 0 aliphatic carbocycles. The van der Waals surface area contributed by atoms with Crippen molar-refractivity contribution in [1.82, 2.24) is 5.32 Å². The molecule has 16 heteroatoms. The van der Waals surface area contributed by atoms with E-state index < -0.39 is 31.7 Å². The number of ether oxygens (including phenoxy) is 6. The number of esters is 2. The summed E-state index contributed by atoms with van der Waals surface area (Å²) in [6.07, 6.45) is -0.929. The molecule has 0 unspecified atom stereocenters. The molecule has 0 aliphatic rings. The predicted molar refractivity (Wildman–Crippen MR) is 131 cm³/mol. The molecule has 0 aromatic heterocycles. The Bertz CT molecular complexity index is 667. The highest BCUT2D eigenvalue weighted by atomic mass is 32.2. The van der Waals surface area contributed by atoms with Gasteiger partial charge in [0, 0.05) is 31.9 Å². The lowest BCUT2D eigenvalue weighted by Crippen LogP contribution is -2.43. The molecule has 0 aliphatic heterocycles. The molecule has 0 spiro atoms. The minimum absolute atomic E-state index is 0.0239. The van der Waals surface area contributed by atoms with Crippen LogP contribution in [0, 0.1) is 0 Å². The van der Waals surface area contributed by atoms with Gasteiger partial charge in [-0.3, -0.25) is 18.9 Å². The van der Waals surface area contributed by atoms with Crippen molar-refractivity contribution in [3.05, 3.63) is 0 Å². The molecule has 0 aromatic rings. The largest absolute Gasteiger partial charge is 0.462 e. The highest BCUT2D eigenvalue weighted by Crippen LogP contribution is 2.33. The maximum absolute atomic E-state index is 12.0. The van der Waals surface area contributed by atoms with Gasteiger partial charge in [0.05, 0.1) is 65.1 Å². The van der Waals surface area contributed by atoms with E-state index in [0.717, 1.165) is 0 Å². The molecule has 212 valence electrons. The number of hydrogen-bond acceptors (Lipinski definition) is 12. The molecule has 0 saturated heterocycles. The molecular weight excluding hydrogens is 523 g/mol. The molecule has 0 heterocycles.